The number of hydrogen-bond donors (Lipinski definition) is 9. The zero-order valence-electron chi connectivity index (χ0n) is 34.0. The second-order valence-electron chi connectivity index (χ2n) is 20.3. The van der Waals surface area contributed by atoms with Crippen molar-refractivity contribution < 1.29 is 69.7 Å². The van der Waals surface area contributed by atoms with Gasteiger partial charge in [-0.05, 0) is 110 Å². The highest BCUT2D eigenvalue weighted by molar-refractivity contribution is 5.76. The highest BCUT2D eigenvalue weighted by atomic mass is 16.8. The van der Waals surface area contributed by atoms with Crippen LogP contribution in [0.2, 0.25) is 0 Å². The minimum absolute atomic E-state index is 0.0588. The van der Waals surface area contributed by atoms with Crippen molar-refractivity contribution in [2.24, 2.45) is 56.7 Å². The summed E-state index contributed by atoms with van der Waals surface area (Å²) in [5.74, 6) is 0.173. The van der Waals surface area contributed by atoms with Gasteiger partial charge in [0.25, 0.3) is 0 Å². The fraction of sp³-hybridized carbons (Fsp3) is 0.929. The van der Waals surface area contributed by atoms with Gasteiger partial charge >= 0.3 is 5.97 Å². The first-order chi connectivity index (χ1) is 26.1. The Balaban J connectivity index is 1.16. The normalized spacial score (nSPS) is 55.5. The van der Waals surface area contributed by atoms with E-state index in [1.54, 1.807) is 0 Å². The topological polar surface area (TPSA) is 236 Å². The average molecular weight is 797 g/mol. The van der Waals surface area contributed by atoms with Gasteiger partial charge in [0.15, 0.2) is 12.6 Å². The molecule has 0 spiro atoms. The van der Waals surface area contributed by atoms with Gasteiger partial charge in [-0.15, -0.1) is 0 Å². The fourth-order valence-corrected chi connectivity index (χ4v) is 14.4. The van der Waals surface area contributed by atoms with Crippen LogP contribution >= 0.6 is 0 Å². The molecule has 0 aromatic carbocycles. The summed E-state index contributed by atoms with van der Waals surface area (Å²) in [7, 11) is 0. The minimum atomic E-state index is -1.80. The predicted octanol–water partition coefficient (Wildman–Crippen LogP) is 1.71. The molecule has 5 aliphatic carbocycles. The molecule has 6 fully saturated rings. The Kier molecular flexibility index (Phi) is 11.3. The Morgan fingerprint density at radius 1 is 0.768 bits per heavy atom. The van der Waals surface area contributed by atoms with Crippen molar-refractivity contribution in [2.75, 3.05) is 13.2 Å². The lowest BCUT2D eigenvalue weighted by Gasteiger charge is -2.73. The number of rotatable bonds is 7. The van der Waals surface area contributed by atoms with Gasteiger partial charge in [-0.1, -0.05) is 53.2 Å². The van der Waals surface area contributed by atoms with Crippen molar-refractivity contribution in [3.05, 3.63) is 11.6 Å². The van der Waals surface area contributed by atoms with Crippen LogP contribution in [-0.2, 0) is 23.7 Å². The first kappa shape index (κ1) is 42.8. The van der Waals surface area contributed by atoms with Crippen LogP contribution < -0.4 is 0 Å². The largest absolute Gasteiger partial charge is 0.481 e. The molecule has 2 saturated heterocycles. The van der Waals surface area contributed by atoms with E-state index in [-0.39, 0.29) is 45.8 Å². The van der Waals surface area contributed by atoms with E-state index in [4.69, 9.17) is 18.9 Å². The lowest BCUT2D eigenvalue weighted by Crippen LogP contribution is -2.70. The molecular weight excluding hydrogens is 728 g/mol. The smallest absolute Gasteiger partial charge is 0.310 e. The van der Waals surface area contributed by atoms with E-state index in [2.05, 4.69) is 54.5 Å². The third-order valence-corrected chi connectivity index (χ3v) is 17.7. The maximum Gasteiger partial charge on any atom is 0.310 e. The second-order valence-corrected chi connectivity index (χ2v) is 20.3. The molecule has 0 unspecified atom stereocenters. The van der Waals surface area contributed by atoms with Crippen molar-refractivity contribution in [2.45, 2.75) is 173 Å². The van der Waals surface area contributed by atoms with Crippen molar-refractivity contribution >= 4 is 5.97 Å². The lowest BCUT2D eigenvalue weighted by atomic mass is 9.31. The first-order valence-corrected chi connectivity index (χ1v) is 21.0. The van der Waals surface area contributed by atoms with Crippen molar-refractivity contribution in [1.82, 2.24) is 0 Å². The molecule has 56 heavy (non-hydrogen) atoms. The summed E-state index contributed by atoms with van der Waals surface area (Å²) in [6.07, 6.45) is -9.32. The highest BCUT2D eigenvalue weighted by Gasteiger charge is 2.72. The van der Waals surface area contributed by atoms with Gasteiger partial charge < -0.3 is 64.9 Å². The van der Waals surface area contributed by atoms with E-state index in [0.29, 0.717) is 19.3 Å². The number of aliphatic hydroxyl groups is 8. The van der Waals surface area contributed by atoms with Crippen molar-refractivity contribution in [1.29, 1.82) is 0 Å². The molecule has 0 bridgehead atoms. The van der Waals surface area contributed by atoms with Crippen molar-refractivity contribution in [3.63, 3.8) is 0 Å². The van der Waals surface area contributed by atoms with E-state index in [0.717, 1.165) is 32.1 Å². The molecule has 9 N–H and O–H groups in total. The first-order valence-electron chi connectivity index (χ1n) is 21.0. The molecule has 320 valence electrons. The van der Waals surface area contributed by atoms with Gasteiger partial charge in [-0.2, -0.15) is 0 Å². The zero-order valence-corrected chi connectivity index (χ0v) is 34.0. The number of ether oxygens (including phenoxy) is 4. The number of allylic oxidation sites excluding steroid dienone is 2. The van der Waals surface area contributed by atoms with Crippen LogP contribution in [0.3, 0.4) is 0 Å². The van der Waals surface area contributed by atoms with E-state index in [9.17, 15) is 50.8 Å². The second kappa shape index (κ2) is 14.7. The molecule has 0 amide bonds. The molecule has 7 aliphatic rings. The standard InChI is InChI=1S/C42H68O14/c1-19-10-13-42(37(51)52)15-14-40(6)21(27(42)20(19)2)8-9-26-39(5)16-22(45)34(38(3,4)25(39)11-12-41(26,40)7)56-36-33(31(49)29(47)24(18-44)54-36)55-35-32(50)30(48)28(46)23(17-43)53-35/h10,20-36,43-50H,8-9,11-18H2,1-7H3,(H,51,52)/t20-,21-,22-,23-,24-,25+,26-,27-,28-,29-,30+,31+,32-,33-,34+,35+,36+,39+,40-,41-,42+/m1/s1. The summed E-state index contributed by atoms with van der Waals surface area (Å²) < 4.78 is 24.2. The third kappa shape index (κ3) is 6.05. The third-order valence-electron chi connectivity index (χ3n) is 17.7. The summed E-state index contributed by atoms with van der Waals surface area (Å²) in [4.78, 5) is 13.1. The molecular formula is C42H68O14. The number of aliphatic hydroxyl groups excluding tert-OH is 8. The summed E-state index contributed by atoms with van der Waals surface area (Å²) in [6, 6.07) is 0. The molecule has 0 aromatic heterocycles. The summed E-state index contributed by atoms with van der Waals surface area (Å²) in [5.41, 5.74) is -0.619. The van der Waals surface area contributed by atoms with Crippen molar-refractivity contribution in [3.8, 4) is 0 Å². The quantitative estimate of drug-likeness (QED) is 0.132. The monoisotopic (exact) mass is 796 g/mol. The number of carboxylic acids is 1. The van der Waals surface area contributed by atoms with Crippen LogP contribution in [0.5, 0.6) is 0 Å². The van der Waals surface area contributed by atoms with Crippen LogP contribution in [0, 0.1) is 56.7 Å². The maximum absolute atomic E-state index is 13.1. The summed E-state index contributed by atoms with van der Waals surface area (Å²) in [6.45, 7) is 14.4. The Morgan fingerprint density at radius 3 is 2.02 bits per heavy atom. The van der Waals surface area contributed by atoms with Gasteiger partial charge in [0.05, 0.1) is 30.8 Å². The number of carboxylic acid groups (broad SMARTS) is 1. The fourth-order valence-electron chi connectivity index (χ4n) is 14.4. The van der Waals surface area contributed by atoms with E-state index >= 15 is 0 Å². The molecule has 2 aliphatic heterocycles. The molecule has 0 aromatic rings. The van der Waals surface area contributed by atoms with Crippen LogP contribution in [0.1, 0.15) is 99.8 Å². The molecule has 21 atom stereocenters. The highest BCUT2D eigenvalue weighted by Crippen LogP contribution is 2.77. The predicted molar refractivity (Wildman–Crippen MR) is 199 cm³/mol. The molecule has 14 nitrogen and oxygen atoms in total. The lowest BCUT2D eigenvalue weighted by molar-refractivity contribution is -0.383. The van der Waals surface area contributed by atoms with Crippen LogP contribution in [-0.4, -0.2) is 139 Å². The Hall–Kier alpha value is -1.27. The van der Waals surface area contributed by atoms with E-state index in [1.807, 2.05) is 0 Å². The van der Waals surface area contributed by atoms with Crippen LogP contribution in [0.25, 0.3) is 0 Å². The van der Waals surface area contributed by atoms with E-state index < -0.39 is 104 Å². The zero-order chi connectivity index (χ0) is 41.1. The number of aliphatic carboxylic acids is 1. The minimum Gasteiger partial charge on any atom is -0.481 e. The number of hydrogen-bond acceptors (Lipinski definition) is 13. The Morgan fingerprint density at radius 2 is 1.39 bits per heavy atom. The Bertz CT molecular complexity index is 1500. The van der Waals surface area contributed by atoms with Gasteiger partial charge in [-0.25, -0.2) is 0 Å². The maximum atomic E-state index is 13.1. The SMILES string of the molecule is CC1=CC[C@]2(C(=O)O)CC[C@]3(C)[C@H](CC[C@@H]4[C@@]5(C)C[C@@H](O)[C@H](O[C@@H]6O[C@H](CO)[C@@H](O)[C@H](O)[C@H]6O[C@@H]6O[C@H](CO)[C@@H](O)[C@H](O)[C@H]6O)C(C)(C)[C@@H]5CC[C@]43C)[C@H]2[C@@H]1C. The molecule has 14 heteroatoms. The van der Waals surface area contributed by atoms with Crippen LogP contribution in [0.15, 0.2) is 11.6 Å². The molecule has 7 rings (SSSR count). The van der Waals surface area contributed by atoms with E-state index in [1.165, 1.54) is 5.57 Å². The average Bonchev–Trinajstić information content (AvgIpc) is 3.14. The molecule has 0 radical (unpaired) electrons. The molecule has 2 heterocycles. The van der Waals surface area contributed by atoms with Gasteiger partial charge in [0.2, 0.25) is 0 Å². The summed E-state index contributed by atoms with van der Waals surface area (Å²) in [5, 5.41) is 96.4. The van der Waals surface area contributed by atoms with Gasteiger partial charge in [0.1, 0.15) is 48.8 Å². The van der Waals surface area contributed by atoms with Crippen LogP contribution in [0.4, 0.5) is 0 Å². The number of fused-ring (bicyclic) bond motifs is 7. The van der Waals surface area contributed by atoms with Gasteiger partial charge in [0, 0.05) is 0 Å². The Labute approximate surface area is 330 Å². The number of carbonyl (C=O) groups is 1. The molecule has 4 saturated carbocycles. The van der Waals surface area contributed by atoms with Gasteiger partial charge in [-0.3, -0.25) is 4.79 Å². The summed E-state index contributed by atoms with van der Waals surface area (Å²) >= 11 is 0.